The van der Waals surface area contributed by atoms with Gasteiger partial charge in [0.05, 0.1) is 26.4 Å². The summed E-state index contributed by atoms with van der Waals surface area (Å²) in [6.45, 7) is 14.1. The molecule has 558 valence electrons. The number of phosphoric acid groups is 2. The minimum Gasteiger partial charge on any atom is -0.462 e. The van der Waals surface area contributed by atoms with Crippen molar-refractivity contribution in [2.24, 2.45) is 23.7 Å². The number of ether oxygens (including phenoxy) is 4. The third-order valence-corrected chi connectivity index (χ3v) is 19.9. The first-order valence-electron chi connectivity index (χ1n) is 38.8. The molecule has 0 aliphatic heterocycles. The molecule has 19 heteroatoms. The van der Waals surface area contributed by atoms with E-state index in [-0.39, 0.29) is 25.7 Å². The fourth-order valence-electron chi connectivity index (χ4n) is 11.3. The van der Waals surface area contributed by atoms with Crippen LogP contribution in [0.1, 0.15) is 376 Å². The Morgan fingerprint density at radius 3 is 0.755 bits per heavy atom. The van der Waals surface area contributed by atoms with E-state index in [4.69, 9.17) is 37.0 Å². The Kier molecular flexibility index (Phi) is 63.1. The lowest BCUT2D eigenvalue weighted by molar-refractivity contribution is -0.161. The summed E-state index contributed by atoms with van der Waals surface area (Å²) in [6, 6.07) is 0. The summed E-state index contributed by atoms with van der Waals surface area (Å²) < 4.78 is 68.3. The lowest BCUT2D eigenvalue weighted by Gasteiger charge is -2.21. The number of hydrogen-bond donors (Lipinski definition) is 3. The molecule has 7 atom stereocenters. The highest BCUT2D eigenvalue weighted by Crippen LogP contribution is 2.45. The van der Waals surface area contributed by atoms with Gasteiger partial charge < -0.3 is 33.8 Å². The van der Waals surface area contributed by atoms with Gasteiger partial charge in [0, 0.05) is 25.7 Å². The molecule has 0 aromatic rings. The average Bonchev–Trinajstić information content (AvgIpc) is 1.25. The number of aliphatic hydroxyl groups excluding tert-OH is 1. The molecule has 0 saturated heterocycles. The minimum absolute atomic E-state index is 0.102. The van der Waals surface area contributed by atoms with Gasteiger partial charge in [-0.1, -0.05) is 325 Å². The Morgan fingerprint density at radius 2 is 0.511 bits per heavy atom. The van der Waals surface area contributed by atoms with E-state index >= 15 is 0 Å². The molecule has 0 aliphatic rings. The molecular formula is C75H146O17P2. The lowest BCUT2D eigenvalue weighted by Crippen LogP contribution is -2.30. The van der Waals surface area contributed by atoms with E-state index in [1.165, 1.54) is 173 Å². The van der Waals surface area contributed by atoms with Gasteiger partial charge in [0.2, 0.25) is 0 Å². The number of aliphatic hydroxyl groups is 1. The average molecular weight is 1380 g/mol. The van der Waals surface area contributed by atoms with Crippen LogP contribution in [-0.2, 0) is 65.4 Å². The van der Waals surface area contributed by atoms with Crippen molar-refractivity contribution in [1.82, 2.24) is 0 Å². The summed E-state index contributed by atoms with van der Waals surface area (Å²) in [6.07, 6.45) is 49.0. The van der Waals surface area contributed by atoms with Gasteiger partial charge in [-0.25, -0.2) is 9.13 Å². The normalized spacial score (nSPS) is 14.7. The first kappa shape index (κ1) is 92.1. The van der Waals surface area contributed by atoms with Crippen LogP contribution in [0.25, 0.3) is 0 Å². The number of hydrogen-bond acceptors (Lipinski definition) is 15. The van der Waals surface area contributed by atoms with E-state index in [9.17, 15) is 43.2 Å². The zero-order valence-electron chi connectivity index (χ0n) is 61.6. The van der Waals surface area contributed by atoms with E-state index in [2.05, 4.69) is 55.4 Å². The summed E-state index contributed by atoms with van der Waals surface area (Å²) in [5.74, 6) is 0.899. The van der Waals surface area contributed by atoms with Crippen LogP contribution in [0.15, 0.2) is 0 Å². The van der Waals surface area contributed by atoms with Crippen molar-refractivity contribution in [3.8, 4) is 0 Å². The molecule has 0 bridgehead atoms. The summed E-state index contributed by atoms with van der Waals surface area (Å²) in [7, 11) is -9.91. The Labute approximate surface area is 575 Å². The third kappa shape index (κ3) is 66.0. The minimum atomic E-state index is -4.95. The molecule has 0 fully saturated rings. The zero-order chi connectivity index (χ0) is 69.6. The molecule has 94 heavy (non-hydrogen) atoms. The van der Waals surface area contributed by atoms with Crippen molar-refractivity contribution in [2.75, 3.05) is 39.6 Å². The van der Waals surface area contributed by atoms with Gasteiger partial charge in [-0.3, -0.25) is 37.3 Å². The van der Waals surface area contributed by atoms with Gasteiger partial charge in [0.25, 0.3) is 0 Å². The lowest BCUT2D eigenvalue weighted by atomic mass is 9.99. The quantitative estimate of drug-likeness (QED) is 0.0222. The molecule has 0 aromatic heterocycles. The van der Waals surface area contributed by atoms with Crippen LogP contribution in [0.5, 0.6) is 0 Å². The van der Waals surface area contributed by atoms with Crippen LogP contribution < -0.4 is 0 Å². The molecular weight excluding hydrogens is 1230 g/mol. The van der Waals surface area contributed by atoms with E-state index in [1.807, 2.05) is 0 Å². The SMILES string of the molecule is CCC(C)CCCCCCCCCCCCCCCCCCCCC(=O)O[C@H](COC(=O)CCCCCCCCC(C)C)COP(=O)(O)OC[C@H](O)COP(=O)(O)OC[C@@H](COC(=O)CCCCCCCCCCCCC(C)CC)OC(=O)CCCCCCCCC(C)C. The van der Waals surface area contributed by atoms with Crippen LogP contribution in [0.3, 0.4) is 0 Å². The Hall–Kier alpha value is -1.94. The second-order valence-corrected chi connectivity index (χ2v) is 31.4. The van der Waals surface area contributed by atoms with E-state index in [1.54, 1.807) is 0 Å². The number of rotatable bonds is 72. The van der Waals surface area contributed by atoms with Crippen molar-refractivity contribution in [2.45, 2.75) is 395 Å². The maximum atomic E-state index is 13.0. The first-order chi connectivity index (χ1) is 45.2. The second kappa shape index (κ2) is 64.4. The van der Waals surface area contributed by atoms with Crippen molar-refractivity contribution in [3.63, 3.8) is 0 Å². The van der Waals surface area contributed by atoms with Crippen LogP contribution in [-0.4, -0.2) is 96.7 Å². The number of unbranched alkanes of at least 4 members (excludes halogenated alkanes) is 36. The fraction of sp³-hybridized carbons (Fsp3) is 0.947. The van der Waals surface area contributed by atoms with E-state index in [0.29, 0.717) is 37.5 Å². The Morgan fingerprint density at radius 1 is 0.298 bits per heavy atom. The molecule has 0 aliphatic carbocycles. The predicted molar refractivity (Wildman–Crippen MR) is 381 cm³/mol. The summed E-state index contributed by atoms with van der Waals surface area (Å²) in [4.78, 5) is 72.6. The number of carbonyl (C=O) groups is 4. The molecule has 0 rings (SSSR count). The van der Waals surface area contributed by atoms with Gasteiger partial charge in [0.15, 0.2) is 12.2 Å². The smallest absolute Gasteiger partial charge is 0.462 e. The topological polar surface area (TPSA) is 237 Å². The summed E-state index contributed by atoms with van der Waals surface area (Å²) >= 11 is 0. The fourth-order valence-corrected chi connectivity index (χ4v) is 12.9. The highest BCUT2D eigenvalue weighted by molar-refractivity contribution is 7.47. The van der Waals surface area contributed by atoms with Crippen LogP contribution in [0.2, 0.25) is 0 Å². The molecule has 4 unspecified atom stereocenters. The Bertz CT molecular complexity index is 1850. The Balaban J connectivity index is 5.12. The molecule has 0 amide bonds. The third-order valence-electron chi connectivity index (χ3n) is 18.0. The van der Waals surface area contributed by atoms with Crippen molar-refractivity contribution >= 4 is 39.5 Å². The highest BCUT2D eigenvalue weighted by atomic mass is 31.2. The number of carbonyl (C=O) groups excluding carboxylic acids is 4. The number of phosphoric ester groups is 2. The number of esters is 4. The van der Waals surface area contributed by atoms with Gasteiger partial charge in [-0.2, -0.15) is 0 Å². The standard InChI is InChI=1S/C75H146O17P2/c1-9-67(7)53-45-37-27-23-19-17-15-13-11-12-14-16-18-20-26-30-41-49-57-74(79)91-70(62-86-73(78)56-48-40-33-31-35-43-51-65(3)4)63-89-93(81,82)87-59-69(76)60-88-94(83,84)90-64-71(92-75(80)58-50-42-34-32-36-44-52-66(5)6)61-85-72(77)55-47-39-29-25-22-21-24-28-38-46-54-68(8)10-2/h65-71,76H,9-64H2,1-8H3,(H,81,82)(H,83,84)/t67?,68?,69-,70+,71+/m0/s1. The predicted octanol–water partition coefficient (Wildman–Crippen LogP) is 21.7. The first-order valence-corrected chi connectivity index (χ1v) is 41.8. The zero-order valence-corrected chi connectivity index (χ0v) is 63.4. The van der Waals surface area contributed by atoms with E-state index in [0.717, 1.165) is 108 Å². The molecule has 3 N–H and O–H groups in total. The van der Waals surface area contributed by atoms with E-state index < -0.39 is 97.5 Å². The van der Waals surface area contributed by atoms with Gasteiger partial charge in [-0.05, 0) is 49.4 Å². The van der Waals surface area contributed by atoms with Gasteiger partial charge >= 0.3 is 39.5 Å². The van der Waals surface area contributed by atoms with Crippen molar-refractivity contribution in [3.05, 3.63) is 0 Å². The van der Waals surface area contributed by atoms with Gasteiger partial charge in [0.1, 0.15) is 19.3 Å². The largest absolute Gasteiger partial charge is 0.472 e. The second-order valence-electron chi connectivity index (χ2n) is 28.5. The van der Waals surface area contributed by atoms with Crippen LogP contribution in [0.4, 0.5) is 0 Å². The molecule has 0 radical (unpaired) electrons. The van der Waals surface area contributed by atoms with Gasteiger partial charge in [-0.15, -0.1) is 0 Å². The molecule has 17 nitrogen and oxygen atoms in total. The molecule has 0 aromatic carbocycles. The summed E-state index contributed by atoms with van der Waals surface area (Å²) in [5.41, 5.74) is 0. The monoisotopic (exact) mass is 1380 g/mol. The highest BCUT2D eigenvalue weighted by Gasteiger charge is 2.30. The van der Waals surface area contributed by atoms with Crippen molar-refractivity contribution in [1.29, 1.82) is 0 Å². The van der Waals surface area contributed by atoms with Crippen LogP contribution >= 0.6 is 15.6 Å². The molecule has 0 heterocycles. The van der Waals surface area contributed by atoms with Crippen LogP contribution in [0, 0.1) is 23.7 Å². The molecule has 0 spiro atoms. The van der Waals surface area contributed by atoms with Crippen molar-refractivity contribution < 1.29 is 80.2 Å². The summed E-state index contributed by atoms with van der Waals surface area (Å²) in [5, 5.41) is 10.6. The maximum absolute atomic E-state index is 13.0. The maximum Gasteiger partial charge on any atom is 0.472 e. The molecule has 0 saturated carbocycles.